The summed E-state index contributed by atoms with van der Waals surface area (Å²) in [5.74, 6) is 0.614. The second-order valence-electron chi connectivity index (χ2n) is 13.3. The molecule has 3 amide bonds. The summed E-state index contributed by atoms with van der Waals surface area (Å²) in [7, 11) is 0. The quantitative estimate of drug-likeness (QED) is 0.175. The fourth-order valence-corrected chi connectivity index (χ4v) is 6.01. The van der Waals surface area contributed by atoms with E-state index in [4.69, 9.17) is 20.8 Å². The fraction of sp³-hybridized carbons (Fsp3) is 0.324. The van der Waals surface area contributed by atoms with Crippen molar-refractivity contribution in [1.82, 2.24) is 25.0 Å². The van der Waals surface area contributed by atoms with E-state index >= 15 is 0 Å². The van der Waals surface area contributed by atoms with Crippen LogP contribution < -0.4 is 10.6 Å². The molecule has 2 aromatic carbocycles. The van der Waals surface area contributed by atoms with Crippen molar-refractivity contribution in [3.05, 3.63) is 100 Å². The molecule has 0 aliphatic carbocycles. The minimum atomic E-state index is -0.530. The molecule has 0 unspecified atom stereocenters. The van der Waals surface area contributed by atoms with Gasteiger partial charge in [0.1, 0.15) is 22.8 Å². The number of carbonyl (C=O) groups is 3. The van der Waals surface area contributed by atoms with Gasteiger partial charge in [-0.25, -0.2) is 9.78 Å². The van der Waals surface area contributed by atoms with Crippen LogP contribution in [0.5, 0.6) is 0 Å². The number of hydrogen-bond acceptors (Lipinski definition) is 7. The first-order valence-electron chi connectivity index (χ1n) is 16.3. The predicted molar refractivity (Wildman–Crippen MR) is 188 cm³/mol. The Morgan fingerprint density at radius 2 is 1.76 bits per heavy atom. The highest BCUT2D eigenvalue weighted by atomic mass is 35.5. The van der Waals surface area contributed by atoms with Gasteiger partial charge in [-0.3, -0.25) is 14.3 Å². The van der Waals surface area contributed by atoms with Gasteiger partial charge in [0.05, 0.1) is 12.1 Å². The van der Waals surface area contributed by atoms with Crippen LogP contribution in [-0.2, 0) is 11.3 Å². The van der Waals surface area contributed by atoms with Gasteiger partial charge in [0.15, 0.2) is 5.69 Å². The van der Waals surface area contributed by atoms with E-state index < -0.39 is 11.5 Å². The van der Waals surface area contributed by atoms with Gasteiger partial charge < -0.3 is 24.7 Å². The zero-order valence-electron chi connectivity index (χ0n) is 28.0. The number of furan rings is 1. The molecular formula is C37H39ClN6O5. The third-order valence-electron chi connectivity index (χ3n) is 8.34. The number of nitrogens with zero attached hydrogens (tertiary/aromatic N) is 4. The minimum Gasteiger partial charge on any atom is -0.456 e. The number of likely N-dealkylation sites (tertiary alicyclic amines) is 1. The minimum absolute atomic E-state index is 0.224. The van der Waals surface area contributed by atoms with Gasteiger partial charge in [-0.15, -0.1) is 0 Å². The highest BCUT2D eigenvalue weighted by molar-refractivity contribution is 6.31. The summed E-state index contributed by atoms with van der Waals surface area (Å²) in [5, 5.41) is 11.7. The number of fused-ring (bicyclic) bond motifs is 1. The Morgan fingerprint density at radius 3 is 2.45 bits per heavy atom. The number of hydrogen-bond donors (Lipinski definition) is 2. The molecule has 0 saturated carbocycles. The third kappa shape index (κ3) is 8.29. The van der Waals surface area contributed by atoms with Gasteiger partial charge in [-0.05, 0) is 82.9 Å². The molecule has 5 aromatic rings. The monoisotopic (exact) mass is 682 g/mol. The van der Waals surface area contributed by atoms with Gasteiger partial charge in [0, 0.05) is 53.1 Å². The lowest BCUT2D eigenvalue weighted by atomic mass is 9.97. The van der Waals surface area contributed by atoms with E-state index in [9.17, 15) is 14.4 Å². The van der Waals surface area contributed by atoms with E-state index in [1.165, 1.54) is 6.20 Å². The molecule has 0 bridgehead atoms. The smallest absolute Gasteiger partial charge is 0.410 e. The number of pyridine rings is 1. The van der Waals surface area contributed by atoms with Crippen LogP contribution in [0.15, 0.2) is 77.3 Å². The van der Waals surface area contributed by atoms with Crippen LogP contribution >= 0.6 is 11.6 Å². The normalized spacial score (nSPS) is 13.8. The van der Waals surface area contributed by atoms with E-state index in [0.29, 0.717) is 48.2 Å². The number of aromatic nitrogens is 3. The number of aryl methyl sites for hydroxylation is 1. The van der Waals surface area contributed by atoms with Gasteiger partial charge >= 0.3 is 6.09 Å². The number of halogens is 1. The average molecular weight is 683 g/mol. The van der Waals surface area contributed by atoms with E-state index in [2.05, 4.69) is 20.7 Å². The molecule has 6 rings (SSSR count). The molecule has 1 aliphatic rings. The van der Waals surface area contributed by atoms with Crippen LogP contribution in [0.2, 0.25) is 5.02 Å². The number of nitrogens with one attached hydrogen (secondary N) is 2. The molecule has 1 aliphatic heterocycles. The van der Waals surface area contributed by atoms with Gasteiger partial charge in [0.2, 0.25) is 0 Å². The van der Waals surface area contributed by atoms with Gasteiger partial charge in [0.25, 0.3) is 11.8 Å². The van der Waals surface area contributed by atoms with Gasteiger partial charge in [-0.1, -0.05) is 41.9 Å². The zero-order chi connectivity index (χ0) is 34.7. The lowest BCUT2D eigenvalue weighted by Gasteiger charge is -2.33. The Hall–Kier alpha value is -5.16. The van der Waals surface area contributed by atoms with Crippen LogP contribution in [0, 0.1) is 12.8 Å². The third-order valence-corrected chi connectivity index (χ3v) is 8.55. The summed E-state index contributed by atoms with van der Waals surface area (Å²) in [4.78, 5) is 44.2. The lowest BCUT2D eigenvalue weighted by molar-refractivity contribution is 0.0183. The topological polar surface area (TPSA) is 132 Å². The molecule has 3 aromatic heterocycles. The molecule has 49 heavy (non-hydrogen) atoms. The maximum Gasteiger partial charge on any atom is 0.410 e. The number of anilines is 1. The number of rotatable bonds is 8. The molecule has 12 heteroatoms. The summed E-state index contributed by atoms with van der Waals surface area (Å²) in [6.45, 7) is 9.45. The summed E-state index contributed by atoms with van der Waals surface area (Å²) >= 11 is 6.46. The van der Waals surface area contributed by atoms with Crippen molar-refractivity contribution >= 4 is 46.3 Å². The largest absolute Gasteiger partial charge is 0.456 e. The summed E-state index contributed by atoms with van der Waals surface area (Å²) < 4.78 is 13.4. The standard InChI is InChI=1S/C37H39ClN6O5/c1-23-16-30(42-44(23)22-28-18-29(38)17-27-19-31(48-33(27)28)25-8-6-5-7-9-25)35(46)41-32-11-10-26(21-39-32)34(45)40-20-24-12-14-43(15-13-24)36(47)49-37(2,3)4/h5-11,16-19,21,24H,12-15,20,22H2,1-4H3,(H,40,45)(H,39,41,46). The Kier molecular flexibility index (Phi) is 9.73. The second kappa shape index (κ2) is 14.1. The van der Waals surface area contributed by atoms with Crippen LogP contribution in [0.4, 0.5) is 10.6 Å². The van der Waals surface area contributed by atoms with E-state index in [1.54, 1.807) is 27.8 Å². The molecule has 2 N–H and O–H groups in total. The first-order valence-corrected chi connectivity index (χ1v) is 16.6. The molecule has 4 heterocycles. The number of ether oxygens (including phenoxy) is 1. The summed E-state index contributed by atoms with van der Waals surface area (Å²) in [6, 6.07) is 20.4. The highest BCUT2D eigenvalue weighted by Gasteiger charge is 2.27. The predicted octanol–water partition coefficient (Wildman–Crippen LogP) is 7.33. The van der Waals surface area contributed by atoms with Crippen LogP contribution in [0.3, 0.4) is 0 Å². The molecule has 0 radical (unpaired) electrons. The SMILES string of the molecule is Cc1cc(C(=O)Nc2ccc(C(=O)NCC3CCN(C(=O)OC(C)(C)C)CC3)cn2)nn1Cc1cc(Cl)cc2cc(-c3ccccc3)oc12. The average Bonchev–Trinajstić information content (AvgIpc) is 3.67. The van der Waals surface area contributed by atoms with Crippen molar-refractivity contribution < 1.29 is 23.5 Å². The van der Waals surface area contributed by atoms with Crippen molar-refractivity contribution in [2.75, 3.05) is 25.0 Å². The zero-order valence-corrected chi connectivity index (χ0v) is 28.7. The van der Waals surface area contributed by atoms with E-state index in [-0.39, 0.29) is 23.6 Å². The van der Waals surface area contributed by atoms with Crippen LogP contribution in [0.1, 0.15) is 65.7 Å². The van der Waals surface area contributed by atoms with E-state index in [1.807, 2.05) is 76.2 Å². The van der Waals surface area contributed by atoms with Crippen molar-refractivity contribution in [2.24, 2.45) is 5.92 Å². The lowest BCUT2D eigenvalue weighted by Crippen LogP contribution is -2.43. The van der Waals surface area contributed by atoms with Crippen molar-refractivity contribution in [3.8, 4) is 11.3 Å². The van der Waals surface area contributed by atoms with Crippen molar-refractivity contribution in [3.63, 3.8) is 0 Å². The molecule has 0 atom stereocenters. The maximum absolute atomic E-state index is 13.1. The Bertz CT molecular complexity index is 1970. The Morgan fingerprint density at radius 1 is 1.00 bits per heavy atom. The summed E-state index contributed by atoms with van der Waals surface area (Å²) in [5.41, 5.74) is 3.37. The number of amides is 3. The molecular weight excluding hydrogens is 644 g/mol. The Labute approximate surface area is 289 Å². The van der Waals surface area contributed by atoms with Crippen LogP contribution in [-0.4, -0.2) is 62.8 Å². The molecule has 11 nitrogen and oxygen atoms in total. The van der Waals surface area contributed by atoms with Crippen LogP contribution in [0.25, 0.3) is 22.3 Å². The number of benzene rings is 2. The maximum atomic E-state index is 13.1. The number of carbonyl (C=O) groups excluding carboxylic acids is 3. The van der Waals surface area contributed by atoms with Gasteiger partial charge in [-0.2, -0.15) is 5.10 Å². The molecule has 1 saturated heterocycles. The van der Waals surface area contributed by atoms with Crippen molar-refractivity contribution in [1.29, 1.82) is 0 Å². The fourth-order valence-electron chi connectivity index (χ4n) is 5.76. The molecule has 1 fully saturated rings. The second-order valence-corrected chi connectivity index (χ2v) is 13.7. The first-order chi connectivity index (χ1) is 23.4. The van der Waals surface area contributed by atoms with E-state index in [0.717, 1.165) is 40.8 Å². The summed E-state index contributed by atoms with van der Waals surface area (Å²) in [6.07, 6.45) is 2.68. The Balaban J connectivity index is 1.03. The molecule has 0 spiro atoms. The van der Waals surface area contributed by atoms with Crippen molar-refractivity contribution in [2.45, 2.75) is 52.7 Å². The first kappa shape index (κ1) is 33.7. The molecule has 254 valence electrons. The highest BCUT2D eigenvalue weighted by Crippen LogP contribution is 2.33. The number of piperidine rings is 1.